The third kappa shape index (κ3) is 3.03. The lowest BCUT2D eigenvalue weighted by atomic mass is 10.1. The highest BCUT2D eigenvalue weighted by atomic mass is 32.1. The molecular weight excluding hydrogens is 204 g/mol. The molecule has 1 aromatic carbocycles. The minimum absolute atomic E-state index is 0.666. The van der Waals surface area contributed by atoms with E-state index in [0.29, 0.717) is 11.3 Å². The summed E-state index contributed by atoms with van der Waals surface area (Å²) in [5, 5.41) is 8.94. The predicted molar refractivity (Wildman–Crippen MR) is 67.4 cm³/mol. The van der Waals surface area contributed by atoms with Crippen molar-refractivity contribution in [1.82, 2.24) is 0 Å². The van der Waals surface area contributed by atoms with Crippen LogP contribution in [-0.4, -0.2) is 19.3 Å². The summed E-state index contributed by atoms with van der Waals surface area (Å²) in [6.07, 6.45) is 0. The fourth-order valence-electron chi connectivity index (χ4n) is 1.37. The molecule has 0 atom stereocenters. The summed E-state index contributed by atoms with van der Waals surface area (Å²) in [6, 6.07) is 9.72. The van der Waals surface area contributed by atoms with Crippen molar-refractivity contribution in [3.05, 3.63) is 42.0 Å². The van der Waals surface area contributed by atoms with Crippen LogP contribution in [0, 0.1) is 11.3 Å². The van der Waals surface area contributed by atoms with Gasteiger partial charge in [0.05, 0.1) is 11.3 Å². The maximum Gasteiger partial charge on any atom is 0.101 e. The minimum Gasteiger partial charge on any atom is -0.370 e. The third-order valence-electron chi connectivity index (χ3n) is 2.12. The van der Waals surface area contributed by atoms with Crippen LogP contribution in [0.3, 0.4) is 0 Å². The number of hydrogen-bond donors (Lipinski definition) is 1. The summed E-state index contributed by atoms with van der Waals surface area (Å²) in [4.78, 5) is 2.01. The molecule has 0 N–H and O–H groups in total. The van der Waals surface area contributed by atoms with E-state index in [-0.39, 0.29) is 0 Å². The van der Waals surface area contributed by atoms with E-state index in [0.717, 1.165) is 17.8 Å². The second-order valence-electron chi connectivity index (χ2n) is 3.39. The first kappa shape index (κ1) is 11.7. The molecule has 0 saturated heterocycles. The lowest BCUT2D eigenvalue weighted by Gasteiger charge is -2.20. The van der Waals surface area contributed by atoms with Crippen LogP contribution in [0.1, 0.15) is 5.56 Å². The number of thiol groups is 1. The van der Waals surface area contributed by atoms with Crippen LogP contribution in [0.15, 0.2) is 36.4 Å². The summed E-state index contributed by atoms with van der Waals surface area (Å²) in [5.41, 5.74) is 2.66. The monoisotopic (exact) mass is 218 g/mol. The molecular formula is C12H14N2S. The van der Waals surface area contributed by atoms with Crippen molar-refractivity contribution in [3.8, 4) is 6.07 Å². The van der Waals surface area contributed by atoms with Gasteiger partial charge in [-0.1, -0.05) is 18.7 Å². The number of benzene rings is 1. The van der Waals surface area contributed by atoms with Gasteiger partial charge in [0, 0.05) is 19.3 Å². The van der Waals surface area contributed by atoms with E-state index in [1.165, 1.54) is 0 Å². The van der Waals surface area contributed by atoms with Crippen LogP contribution in [0.25, 0.3) is 0 Å². The SMILES string of the molecule is C=C(CS)CN(C)c1ccccc1C#N. The Morgan fingerprint density at radius 3 is 2.80 bits per heavy atom. The van der Waals surface area contributed by atoms with E-state index in [1.807, 2.05) is 36.2 Å². The van der Waals surface area contributed by atoms with E-state index in [9.17, 15) is 0 Å². The van der Waals surface area contributed by atoms with Gasteiger partial charge in [0.15, 0.2) is 0 Å². The third-order valence-corrected chi connectivity index (χ3v) is 2.57. The van der Waals surface area contributed by atoms with Crippen molar-refractivity contribution in [3.63, 3.8) is 0 Å². The first-order valence-corrected chi connectivity index (χ1v) is 5.30. The van der Waals surface area contributed by atoms with E-state index in [4.69, 9.17) is 5.26 Å². The average molecular weight is 218 g/mol. The molecule has 78 valence electrons. The molecule has 1 aromatic rings. The molecule has 0 aromatic heterocycles. The smallest absolute Gasteiger partial charge is 0.101 e. The molecule has 0 saturated carbocycles. The van der Waals surface area contributed by atoms with Crippen molar-refractivity contribution >= 4 is 18.3 Å². The Morgan fingerprint density at radius 1 is 1.53 bits per heavy atom. The van der Waals surface area contributed by atoms with E-state index in [2.05, 4.69) is 25.3 Å². The maximum atomic E-state index is 8.94. The Morgan fingerprint density at radius 2 is 2.20 bits per heavy atom. The quantitative estimate of drug-likeness (QED) is 0.621. The first-order chi connectivity index (χ1) is 7.19. The zero-order chi connectivity index (χ0) is 11.3. The predicted octanol–water partition coefficient (Wildman–Crippen LogP) is 2.48. The molecule has 0 unspecified atom stereocenters. The highest BCUT2D eigenvalue weighted by Crippen LogP contribution is 2.18. The number of nitriles is 1. The molecule has 0 aliphatic rings. The lowest BCUT2D eigenvalue weighted by Crippen LogP contribution is -2.21. The average Bonchev–Trinajstić information content (AvgIpc) is 2.28. The van der Waals surface area contributed by atoms with Crippen LogP contribution in [0.2, 0.25) is 0 Å². The number of likely N-dealkylation sites (N-methyl/N-ethyl adjacent to an activating group) is 1. The highest BCUT2D eigenvalue weighted by molar-refractivity contribution is 7.80. The van der Waals surface area contributed by atoms with Gasteiger partial charge in [-0.15, -0.1) is 0 Å². The van der Waals surface area contributed by atoms with Crippen LogP contribution < -0.4 is 4.90 Å². The number of nitrogens with zero attached hydrogens (tertiary/aromatic N) is 2. The normalized spacial score (nSPS) is 9.40. The van der Waals surface area contributed by atoms with Crippen molar-refractivity contribution in [2.24, 2.45) is 0 Å². The van der Waals surface area contributed by atoms with E-state index >= 15 is 0 Å². The van der Waals surface area contributed by atoms with Gasteiger partial charge < -0.3 is 4.90 Å². The molecule has 0 radical (unpaired) electrons. The number of anilines is 1. The van der Waals surface area contributed by atoms with Gasteiger partial charge >= 0.3 is 0 Å². The van der Waals surface area contributed by atoms with Gasteiger partial charge in [-0.3, -0.25) is 0 Å². The van der Waals surface area contributed by atoms with Crippen molar-refractivity contribution in [1.29, 1.82) is 5.26 Å². The largest absolute Gasteiger partial charge is 0.370 e. The highest BCUT2D eigenvalue weighted by Gasteiger charge is 2.06. The molecule has 2 nitrogen and oxygen atoms in total. The van der Waals surface area contributed by atoms with Gasteiger partial charge in [-0.2, -0.15) is 17.9 Å². The fourth-order valence-corrected chi connectivity index (χ4v) is 1.47. The number of para-hydroxylation sites is 1. The molecule has 15 heavy (non-hydrogen) atoms. The second-order valence-corrected chi connectivity index (χ2v) is 3.71. The summed E-state index contributed by atoms with van der Waals surface area (Å²) < 4.78 is 0. The topological polar surface area (TPSA) is 27.0 Å². The maximum absolute atomic E-state index is 8.94. The zero-order valence-electron chi connectivity index (χ0n) is 8.77. The van der Waals surface area contributed by atoms with E-state index < -0.39 is 0 Å². The summed E-state index contributed by atoms with van der Waals surface area (Å²) in [5.74, 6) is 0.666. The molecule has 1 rings (SSSR count). The molecule has 0 fully saturated rings. The Hall–Kier alpha value is -1.40. The first-order valence-electron chi connectivity index (χ1n) is 4.66. The van der Waals surface area contributed by atoms with Crippen molar-refractivity contribution in [2.45, 2.75) is 0 Å². The zero-order valence-corrected chi connectivity index (χ0v) is 9.67. The Kier molecular flexibility index (Phi) is 4.26. The minimum atomic E-state index is 0.666. The molecule has 0 spiro atoms. The Balaban J connectivity index is 2.87. The van der Waals surface area contributed by atoms with Crippen LogP contribution in [0.5, 0.6) is 0 Å². The summed E-state index contributed by atoms with van der Waals surface area (Å²) >= 11 is 4.16. The lowest BCUT2D eigenvalue weighted by molar-refractivity contribution is 0.986. The van der Waals surface area contributed by atoms with Gasteiger partial charge in [0.25, 0.3) is 0 Å². The molecule has 0 aliphatic heterocycles. The number of rotatable bonds is 4. The van der Waals surface area contributed by atoms with Gasteiger partial charge in [-0.25, -0.2) is 0 Å². The van der Waals surface area contributed by atoms with E-state index in [1.54, 1.807) is 0 Å². The summed E-state index contributed by atoms with van der Waals surface area (Å²) in [6.45, 7) is 4.62. The number of hydrogen-bond acceptors (Lipinski definition) is 3. The molecule has 0 bridgehead atoms. The Labute approximate surface area is 96.2 Å². The van der Waals surface area contributed by atoms with Crippen LogP contribution >= 0.6 is 12.6 Å². The molecule has 0 aliphatic carbocycles. The van der Waals surface area contributed by atoms with Crippen LogP contribution in [-0.2, 0) is 0 Å². The van der Waals surface area contributed by atoms with Gasteiger partial charge in [0.1, 0.15) is 6.07 Å². The molecule has 0 heterocycles. The van der Waals surface area contributed by atoms with Crippen molar-refractivity contribution < 1.29 is 0 Å². The van der Waals surface area contributed by atoms with Crippen LogP contribution in [0.4, 0.5) is 5.69 Å². The standard InChI is InChI=1S/C12H14N2S/c1-10(9-15)8-14(2)12-6-4-3-5-11(12)7-13/h3-6,15H,1,8-9H2,2H3. The van der Waals surface area contributed by atoms with Crippen molar-refractivity contribution in [2.75, 3.05) is 24.2 Å². The van der Waals surface area contributed by atoms with Gasteiger partial charge in [0.2, 0.25) is 0 Å². The van der Waals surface area contributed by atoms with Gasteiger partial charge in [-0.05, 0) is 17.7 Å². The summed E-state index contributed by atoms with van der Waals surface area (Å²) in [7, 11) is 1.95. The second kappa shape index (κ2) is 5.47. The fraction of sp³-hybridized carbons (Fsp3) is 0.250. The molecule has 0 amide bonds. The Bertz CT molecular complexity index is 393. The molecule has 3 heteroatoms.